The first-order valence-corrected chi connectivity index (χ1v) is 7.10. The van der Waals surface area contributed by atoms with Gasteiger partial charge in [0, 0.05) is 13.1 Å². The second-order valence-corrected chi connectivity index (χ2v) is 6.26. The van der Waals surface area contributed by atoms with Gasteiger partial charge in [-0.05, 0) is 18.3 Å². The van der Waals surface area contributed by atoms with Crippen LogP contribution in [0.2, 0.25) is 0 Å². The van der Waals surface area contributed by atoms with Crippen molar-refractivity contribution in [3.8, 4) is 0 Å². The highest BCUT2D eigenvalue weighted by atomic mass is 16.2. The monoisotopic (exact) mass is 252 g/mol. The minimum absolute atomic E-state index is 0.118. The van der Waals surface area contributed by atoms with Crippen LogP contribution in [-0.4, -0.2) is 29.9 Å². The molecule has 0 bridgehead atoms. The first-order chi connectivity index (χ1) is 8.36. The summed E-state index contributed by atoms with van der Waals surface area (Å²) < 4.78 is 0. The number of nitrogens with two attached hydrogens (primary N) is 1. The fourth-order valence-electron chi connectivity index (χ4n) is 2.33. The maximum Gasteiger partial charge on any atom is 0.239 e. The van der Waals surface area contributed by atoms with E-state index in [4.69, 9.17) is 5.73 Å². The molecule has 3 heteroatoms. The van der Waals surface area contributed by atoms with Crippen LogP contribution in [0.1, 0.15) is 53.4 Å². The van der Waals surface area contributed by atoms with Crippen LogP contribution in [0, 0.1) is 5.41 Å². The van der Waals surface area contributed by atoms with E-state index in [0.717, 1.165) is 38.8 Å². The Kier molecular flexibility index (Phi) is 5.39. The highest BCUT2D eigenvalue weighted by Crippen LogP contribution is 2.30. The molecule has 1 amide bonds. The molecule has 1 heterocycles. The summed E-state index contributed by atoms with van der Waals surface area (Å²) in [7, 11) is 0. The maximum absolute atomic E-state index is 12.1. The molecule has 0 aliphatic carbocycles. The number of nitrogens with zero attached hydrogens (tertiary/aromatic N) is 1. The Hall–Kier alpha value is -0.830. The predicted octanol–water partition coefficient (Wildman–Crippen LogP) is 2.71. The third-order valence-electron chi connectivity index (χ3n) is 3.67. The Morgan fingerprint density at radius 3 is 2.61 bits per heavy atom. The van der Waals surface area contributed by atoms with Gasteiger partial charge in [-0.2, -0.15) is 0 Å². The van der Waals surface area contributed by atoms with Gasteiger partial charge in [0.1, 0.15) is 0 Å². The quantitative estimate of drug-likeness (QED) is 0.782. The standard InChI is InChI=1S/C15H28N2O/c1-5-6-7-13(16)14(18)17-10-8-12(9-11-17)15(2,3)4/h8,13H,5-7,9-11,16H2,1-4H3/t13-/m0/s1. The van der Waals surface area contributed by atoms with E-state index in [-0.39, 0.29) is 17.4 Å². The SMILES string of the molecule is CCCC[C@H](N)C(=O)N1CC=C(C(C)(C)C)CC1. The summed E-state index contributed by atoms with van der Waals surface area (Å²) in [6.07, 6.45) is 6.12. The number of hydrogen-bond donors (Lipinski definition) is 1. The zero-order chi connectivity index (χ0) is 13.8. The van der Waals surface area contributed by atoms with Gasteiger partial charge >= 0.3 is 0 Å². The first kappa shape index (κ1) is 15.2. The number of carbonyl (C=O) groups excluding carboxylic acids is 1. The van der Waals surface area contributed by atoms with Crippen molar-refractivity contribution in [2.24, 2.45) is 11.1 Å². The average molecular weight is 252 g/mol. The van der Waals surface area contributed by atoms with Gasteiger partial charge in [0.25, 0.3) is 0 Å². The van der Waals surface area contributed by atoms with E-state index in [1.54, 1.807) is 0 Å². The van der Waals surface area contributed by atoms with Crippen molar-refractivity contribution < 1.29 is 4.79 Å². The van der Waals surface area contributed by atoms with E-state index >= 15 is 0 Å². The van der Waals surface area contributed by atoms with Crippen LogP contribution < -0.4 is 5.73 Å². The van der Waals surface area contributed by atoms with Crippen LogP contribution in [0.25, 0.3) is 0 Å². The van der Waals surface area contributed by atoms with Gasteiger partial charge in [-0.1, -0.05) is 52.2 Å². The molecule has 2 N–H and O–H groups in total. The van der Waals surface area contributed by atoms with Crippen LogP contribution in [-0.2, 0) is 4.79 Å². The van der Waals surface area contributed by atoms with E-state index in [2.05, 4.69) is 33.8 Å². The molecule has 0 saturated heterocycles. The zero-order valence-corrected chi connectivity index (χ0v) is 12.3. The largest absolute Gasteiger partial charge is 0.337 e. The molecule has 0 fully saturated rings. The first-order valence-electron chi connectivity index (χ1n) is 7.10. The molecule has 1 rings (SSSR count). The van der Waals surface area contributed by atoms with Crippen LogP contribution in [0.5, 0.6) is 0 Å². The number of rotatable bonds is 4. The lowest BCUT2D eigenvalue weighted by Gasteiger charge is -2.33. The molecule has 0 aromatic heterocycles. The average Bonchev–Trinajstić information content (AvgIpc) is 2.34. The van der Waals surface area contributed by atoms with Gasteiger partial charge in [0.05, 0.1) is 6.04 Å². The number of amides is 1. The van der Waals surface area contributed by atoms with Crippen LogP contribution >= 0.6 is 0 Å². The zero-order valence-electron chi connectivity index (χ0n) is 12.3. The van der Waals surface area contributed by atoms with Crippen molar-refractivity contribution in [2.75, 3.05) is 13.1 Å². The van der Waals surface area contributed by atoms with E-state index in [9.17, 15) is 4.79 Å². The summed E-state index contributed by atoms with van der Waals surface area (Å²) in [4.78, 5) is 14.0. The highest BCUT2D eigenvalue weighted by Gasteiger charge is 2.25. The fourth-order valence-corrected chi connectivity index (χ4v) is 2.33. The topological polar surface area (TPSA) is 46.3 Å². The van der Waals surface area contributed by atoms with E-state index in [0.29, 0.717) is 0 Å². The number of unbranched alkanes of at least 4 members (excludes halogenated alkanes) is 1. The molecule has 18 heavy (non-hydrogen) atoms. The molecule has 0 aromatic rings. The minimum atomic E-state index is -0.311. The molecule has 0 saturated carbocycles. The van der Waals surface area contributed by atoms with Crippen molar-refractivity contribution in [1.82, 2.24) is 4.90 Å². The molecule has 0 radical (unpaired) electrons. The lowest BCUT2D eigenvalue weighted by atomic mass is 9.83. The van der Waals surface area contributed by atoms with Gasteiger partial charge in [0.2, 0.25) is 5.91 Å². The Morgan fingerprint density at radius 1 is 1.50 bits per heavy atom. The number of hydrogen-bond acceptors (Lipinski definition) is 2. The molecule has 1 atom stereocenters. The van der Waals surface area contributed by atoms with Crippen molar-refractivity contribution in [2.45, 2.75) is 59.4 Å². The molecule has 104 valence electrons. The summed E-state index contributed by atoms with van der Waals surface area (Å²) >= 11 is 0. The third-order valence-corrected chi connectivity index (χ3v) is 3.67. The maximum atomic E-state index is 12.1. The van der Waals surface area contributed by atoms with Gasteiger partial charge < -0.3 is 10.6 Å². The normalized spacial score (nSPS) is 18.5. The molecule has 1 aliphatic rings. The van der Waals surface area contributed by atoms with Crippen molar-refractivity contribution in [3.63, 3.8) is 0 Å². The van der Waals surface area contributed by atoms with Gasteiger partial charge in [-0.25, -0.2) is 0 Å². The van der Waals surface area contributed by atoms with Crippen molar-refractivity contribution in [1.29, 1.82) is 0 Å². The third kappa shape index (κ3) is 4.13. The summed E-state index contributed by atoms with van der Waals surface area (Å²) in [5, 5.41) is 0. The summed E-state index contributed by atoms with van der Waals surface area (Å²) in [6.45, 7) is 10.3. The molecule has 0 unspecified atom stereocenters. The molecular weight excluding hydrogens is 224 g/mol. The Balaban J connectivity index is 2.52. The lowest BCUT2D eigenvalue weighted by Crippen LogP contribution is -2.45. The van der Waals surface area contributed by atoms with Crippen molar-refractivity contribution >= 4 is 5.91 Å². The molecular formula is C15H28N2O. The second-order valence-electron chi connectivity index (χ2n) is 6.26. The second kappa shape index (κ2) is 6.37. The molecule has 1 aliphatic heterocycles. The molecule has 0 spiro atoms. The van der Waals surface area contributed by atoms with Gasteiger partial charge in [0.15, 0.2) is 0 Å². The van der Waals surface area contributed by atoms with Gasteiger partial charge in [-0.3, -0.25) is 4.79 Å². The fraction of sp³-hybridized carbons (Fsp3) is 0.800. The van der Waals surface area contributed by atoms with E-state index < -0.39 is 0 Å². The van der Waals surface area contributed by atoms with E-state index in [1.807, 2.05) is 4.90 Å². The van der Waals surface area contributed by atoms with E-state index in [1.165, 1.54) is 5.57 Å². The van der Waals surface area contributed by atoms with Gasteiger partial charge in [-0.15, -0.1) is 0 Å². The molecule has 3 nitrogen and oxygen atoms in total. The van der Waals surface area contributed by atoms with Crippen molar-refractivity contribution in [3.05, 3.63) is 11.6 Å². The lowest BCUT2D eigenvalue weighted by molar-refractivity contribution is -0.132. The molecule has 0 aromatic carbocycles. The highest BCUT2D eigenvalue weighted by molar-refractivity contribution is 5.81. The summed E-state index contributed by atoms with van der Waals surface area (Å²) in [5.74, 6) is 0.118. The van der Waals surface area contributed by atoms with Crippen LogP contribution in [0.4, 0.5) is 0 Å². The smallest absolute Gasteiger partial charge is 0.239 e. The summed E-state index contributed by atoms with van der Waals surface area (Å²) in [5.41, 5.74) is 7.62. The van der Waals surface area contributed by atoms with Crippen LogP contribution in [0.15, 0.2) is 11.6 Å². The Bertz CT molecular complexity index is 315. The Morgan fingerprint density at radius 2 is 2.17 bits per heavy atom. The number of carbonyl (C=O) groups is 1. The minimum Gasteiger partial charge on any atom is -0.337 e. The summed E-state index contributed by atoms with van der Waals surface area (Å²) in [6, 6.07) is -0.311. The Labute approximate surface area is 111 Å². The van der Waals surface area contributed by atoms with Crippen LogP contribution in [0.3, 0.4) is 0 Å². The predicted molar refractivity (Wildman–Crippen MR) is 76.2 cm³/mol.